The van der Waals surface area contributed by atoms with Gasteiger partial charge in [0.2, 0.25) is 0 Å². The quantitative estimate of drug-likeness (QED) is 0.616. The first-order valence-electron chi connectivity index (χ1n) is 5.25. The summed E-state index contributed by atoms with van der Waals surface area (Å²) in [6.45, 7) is 3.32. The third-order valence-electron chi connectivity index (χ3n) is 3.22. The van der Waals surface area contributed by atoms with Crippen molar-refractivity contribution in [2.45, 2.75) is 25.4 Å². The lowest BCUT2D eigenvalue weighted by atomic mass is 9.94. The molecule has 0 amide bonds. The smallest absolute Gasteiger partial charge is 0.0876 e. The molecule has 3 rings (SSSR count). The molecule has 0 saturated carbocycles. The fraction of sp³-hybridized carbons (Fsp3) is 0.417. The first-order chi connectivity index (χ1) is 6.86. The highest BCUT2D eigenvalue weighted by Gasteiger charge is 2.27. The van der Waals surface area contributed by atoms with E-state index in [2.05, 4.69) is 36.5 Å². The molecule has 1 fully saturated rings. The van der Waals surface area contributed by atoms with E-state index in [0.717, 1.165) is 13.0 Å². The van der Waals surface area contributed by atoms with Crippen LogP contribution in [-0.2, 0) is 0 Å². The Morgan fingerprint density at radius 3 is 3.14 bits per heavy atom. The second kappa shape index (κ2) is 2.92. The van der Waals surface area contributed by atoms with Gasteiger partial charge in [-0.25, -0.2) is 0 Å². The zero-order valence-corrected chi connectivity index (χ0v) is 8.33. The molecule has 0 aromatic heterocycles. The Kier molecular flexibility index (Phi) is 1.71. The van der Waals surface area contributed by atoms with E-state index >= 15 is 0 Å². The minimum atomic E-state index is 0.390. The zero-order valence-electron chi connectivity index (χ0n) is 8.33. The molecule has 2 aliphatic heterocycles. The van der Waals surface area contributed by atoms with E-state index in [1.807, 2.05) is 0 Å². The molecule has 1 aromatic rings. The summed E-state index contributed by atoms with van der Waals surface area (Å²) in [5, 5.41) is 6.04. The largest absolute Gasteiger partial charge is 0.311 e. The average Bonchev–Trinajstić information content (AvgIpc) is 2.59. The van der Waals surface area contributed by atoms with Crippen LogP contribution < -0.4 is 15.9 Å². The van der Waals surface area contributed by atoms with Crippen LogP contribution >= 0.6 is 0 Å². The number of nitrogens with one attached hydrogen (secondary N) is 1. The summed E-state index contributed by atoms with van der Waals surface area (Å²) >= 11 is 0. The number of benzene rings is 1. The Bertz CT molecular complexity index is 475. The molecule has 72 valence electrons. The summed E-state index contributed by atoms with van der Waals surface area (Å²) in [5.74, 6) is 0. The van der Waals surface area contributed by atoms with Crippen molar-refractivity contribution in [3.05, 3.63) is 34.8 Å². The van der Waals surface area contributed by atoms with Gasteiger partial charge in [-0.15, -0.1) is 0 Å². The molecule has 0 aliphatic carbocycles. The standard InChI is InChI=1S/C12H14N2/c1-8-12-10(6-7-13-8)9-4-2-3-5-11(9)14-12/h2-5,8,12-13H,6-7H2,1H3/t8-,12+/m1/s1. The Morgan fingerprint density at radius 1 is 1.36 bits per heavy atom. The fourth-order valence-electron chi connectivity index (χ4n) is 2.49. The number of fused-ring (bicyclic) bond motifs is 2. The van der Waals surface area contributed by atoms with Gasteiger partial charge in [0.15, 0.2) is 0 Å². The predicted octanol–water partition coefficient (Wildman–Crippen LogP) is 0.221. The van der Waals surface area contributed by atoms with Crippen LogP contribution in [-0.4, -0.2) is 18.6 Å². The average molecular weight is 186 g/mol. The van der Waals surface area contributed by atoms with Gasteiger partial charge in [-0.2, -0.15) is 0 Å². The molecule has 1 N–H and O–H groups in total. The third-order valence-corrected chi connectivity index (χ3v) is 3.22. The summed E-state index contributed by atoms with van der Waals surface area (Å²) in [5.41, 5.74) is 1.53. The number of hydrogen-bond donors (Lipinski definition) is 1. The summed E-state index contributed by atoms with van der Waals surface area (Å²) in [6, 6.07) is 9.38. The minimum Gasteiger partial charge on any atom is -0.311 e. The van der Waals surface area contributed by atoms with Crippen molar-refractivity contribution in [1.29, 1.82) is 0 Å². The van der Waals surface area contributed by atoms with Gasteiger partial charge in [-0.05, 0) is 31.5 Å². The summed E-state index contributed by atoms with van der Waals surface area (Å²) in [4.78, 5) is 4.76. The number of para-hydroxylation sites is 1. The molecule has 0 spiro atoms. The van der Waals surface area contributed by atoms with Crippen LogP contribution in [0.15, 0.2) is 29.3 Å². The van der Waals surface area contributed by atoms with Crippen LogP contribution in [0.1, 0.15) is 13.3 Å². The van der Waals surface area contributed by atoms with E-state index in [0.29, 0.717) is 12.1 Å². The maximum Gasteiger partial charge on any atom is 0.0876 e. The molecule has 2 heterocycles. The van der Waals surface area contributed by atoms with Crippen molar-refractivity contribution in [3.63, 3.8) is 0 Å². The van der Waals surface area contributed by atoms with E-state index in [1.165, 1.54) is 16.1 Å². The highest BCUT2D eigenvalue weighted by Crippen LogP contribution is 2.20. The van der Waals surface area contributed by atoms with Crippen molar-refractivity contribution < 1.29 is 0 Å². The van der Waals surface area contributed by atoms with Crippen molar-refractivity contribution in [2.24, 2.45) is 4.99 Å². The molecule has 0 unspecified atom stereocenters. The van der Waals surface area contributed by atoms with Gasteiger partial charge in [0.05, 0.1) is 11.4 Å². The lowest BCUT2D eigenvalue weighted by molar-refractivity contribution is 0.478. The Labute approximate surface area is 83.4 Å². The molecule has 1 aromatic carbocycles. The van der Waals surface area contributed by atoms with Crippen LogP contribution in [0.5, 0.6) is 0 Å². The van der Waals surface area contributed by atoms with Gasteiger partial charge in [-0.1, -0.05) is 18.2 Å². The van der Waals surface area contributed by atoms with Crippen LogP contribution in [0.4, 0.5) is 0 Å². The summed E-state index contributed by atoms with van der Waals surface area (Å²) in [6.07, 6.45) is 1.15. The molecule has 0 radical (unpaired) electrons. The molecule has 2 atom stereocenters. The Hall–Kier alpha value is -1.15. The lowest BCUT2D eigenvalue weighted by Gasteiger charge is -2.27. The first kappa shape index (κ1) is 8.18. The molecular formula is C12H14N2. The topological polar surface area (TPSA) is 24.4 Å². The number of piperidine rings is 1. The Morgan fingerprint density at radius 2 is 2.21 bits per heavy atom. The van der Waals surface area contributed by atoms with E-state index in [4.69, 9.17) is 4.99 Å². The van der Waals surface area contributed by atoms with E-state index in [-0.39, 0.29) is 0 Å². The minimum absolute atomic E-state index is 0.390. The lowest BCUT2D eigenvalue weighted by Crippen LogP contribution is -2.42. The molecular weight excluding hydrogens is 172 g/mol. The molecule has 2 nitrogen and oxygen atoms in total. The van der Waals surface area contributed by atoms with Crippen LogP contribution in [0.2, 0.25) is 0 Å². The third kappa shape index (κ3) is 1.04. The maximum absolute atomic E-state index is 4.76. The van der Waals surface area contributed by atoms with Crippen LogP contribution in [0.25, 0.3) is 5.57 Å². The second-order valence-corrected chi connectivity index (χ2v) is 4.11. The molecule has 14 heavy (non-hydrogen) atoms. The Balaban J connectivity index is 2.26. The van der Waals surface area contributed by atoms with E-state index in [9.17, 15) is 0 Å². The number of rotatable bonds is 0. The van der Waals surface area contributed by atoms with Gasteiger partial charge < -0.3 is 5.32 Å². The van der Waals surface area contributed by atoms with Gasteiger partial charge in [0.1, 0.15) is 0 Å². The summed E-state index contributed by atoms with van der Waals surface area (Å²) in [7, 11) is 0. The SMILES string of the molecule is C[C@H]1NCCC2=c3ccccc3=N[C@H]21. The predicted molar refractivity (Wildman–Crippen MR) is 56.5 cm³/mol. The van der Waals surface area contributed by atoms with Crippen LogP contribution in [0.3, 0.4) is 0 Å². The monoisotopic (exact) mass is 186 g/mol. The molecule has 2 heteroatoms. The fourth-order valence-corrected chi connectivity index (χ4v) is 2.49. The molecule has 1 saturated heterocycles. The van der Waals surface area contributed by atoms with Crippen molar-refractivity contribution in [1.82, 2.24) is 5.32 Å². The van der Waals surface area contributed by atoms with Crippen molar-refractivity contribution in [3.8, 4) is 0 Å². The summed E-state index contributed by atoms with van der Waals surface area (Å²) < 4.78 is 0. The maximum atomic E-state index is 4.76. The van der Waals surface area contributed by atoms with Gasteiger partial charge in [0.25, 0.3) is 0 Å². The number of hydrogen-bond acceptors (Lipinski definition) is 2. The van der Waals surface area contributed by atoms with Gasteiger partial charge >= 0.3 is 0 Å². The second-order valence-electron chi connectivity index (χ2n) is 4.11. The van der Waals surface area contributed by atoms with Gasteiger partial charge in [-0.3, -0.25) is 4.99 Å². The van der Waals surface area contributed by atoms with Crippen molar-refractivity contribution in [2.75, 3.05) is 6.54 Å². The van der Waals surface area contributed by atoms with E-state index in [1.54, 1.807) is 0 Å². The highest BCUT2D eigenvalue weighted by atomic mass is 15.0. The molecule has 2 aliphatic rings. The van der Waals surface area contributed by atoms with Gasteiger partial charge in [0, 0.05) is 11.3 Å². The van der Waals surface area contributed by atoms with E-state index < -0.39 is 0 Å². The number of nitrogens with zero attached hydrogens (tertiary/aromatic N) is 1. The first-order valence-corrected chi connectivity index (χ1v) is 5.25. The highest BCUT2D eigenvalue weighted by molar-refractivity contribution is 5.55. The van der Waals surface area contributed by atoms with Crippen molar-refractivity contribution >= 4 is 5.57 Å². The molecule has 0 bridgehead atoms. The van der Waals surface area contributed by atoms with Crippen LogP contribution in [0, 0.1) is 0 Å². The normalized spacial score (nSPS) is 29.4. The zero-order chi connectivity index (χ0) is 9.54.